The van der Waals surface area contributed by atoms with Crippen LogP contribution in [0.1, 0.15) is 12.5 Å². The first kappa shape index (κ1) is 11.0. The predicted octanol–water partition coefficient (Wildman–Crippen LogP) is 2.50. The van der Waals surface area contributed by atoms with E-state index in [-0.39, 0.29) is 0 Å². The van der Waals surface area contributed by atoms with Gasteiger partial charge in [0.15, 0.2) is 5.96 Å². The lowest BCUT2D eigenvalue weighted by molar-refractivity contribution is 1.12. The van der Waals surface area contributed by atoms with Gasteiger partial charge in [-0.05, 0) is 31.5 Å². The van der Waals surface area contributed by atoms with Crippen molar-refractivity contribution in [2.24, 2.45) is 10.7 Å². The summed E-state index contributed by atoms with van der Waals surface area (Å²) in [5.74, 6) is 0.447. The van der Waals surface area contributed by atoms with Gasteiger partial charge in [0.2, 0.25) is 0 Å². The topological polar surface area (TPSA) is 50.4 Å². The Bertz CT molecular complexity index is 347. The molecule has 0 unspecified atom stereocenters. The molecule has 0 saturated heterocycles. The average Bonchev–Trinajstić information content (AvgIpc) is 2.12. The number of nitrogens with two attached hydrogens (primary N) is 1. The summed E-state index contributed by atoms with van der Waals surface area (Å²) in [6.45, 7) is 4.67. The number of anilines is 1. The molecule has 0 amide bonds. The Morgan fingerprint density at radius 1 is 1.57 bits per heavy atom. The molecule has 1 aromatic rings. The van der Waals surface area contributed by atoms with Gasteiger partial charge in [0.25, 0.3) is 0 Å². The molecule has 1 rings (SSSR count). The molecule has 1 aromatic carbocycles. The zero-order valence-corrected chi connectivity index (χ0v) is 9.93. The van der Waals surface area contributed by atoms with E-state index in [1.807, 2.05) is 32.0 Å². The second kappa shape index (κ2) is 5.00. The highest BCUT2D eigenvalue weighted by molar-refractivity contribution is 9.10. The van der Waals surface area contributed by atoms with E-state index < -0.39 is 0 Å². The minimum absolute atomic E-state index is 0.447. The normalized spacial score (nSPS) is 11.5. The van der Waals surface area contributed by atoms with Gasteiger partial charge in [-0.15, -0.1) is 0 Å². The molecule has 0 radical (unpaired) electrons. The monoisotopic (exact) mass is 255 g/mol. The Hall–Kier alpha value is -1.03. The van der Waals surface area contributed by atoms with Gasteiger partial charge in [0.05, 0.1) is 0 Å². The summed E-state index contributed by atoms with van der Waals surface area (Å²) in [4.78, 5) is 4.04. The van der Waals surface area contributed by atoms with Gasteiger partial charge >= 0.3 is 0 Å². The van der Waals surface area contributed by atoms with Crippen LogP contribution in [0.4, 0.5) is 5.69 Å². The lowest BCUT2D eigenvalue weighted by atomic mass is 10.2. The second-order valence-electron chi connectivity index (χ2n) is 2.95. The summed E-state index contributed by atoms with van der Waals surface area (Å²) in [6, 6.07) is 5.97. The molecular formula is C10H14BrN3. The molecule has 0 atom stereocenters. The van der Waals surface area contributed by atoms with E-state index >= 15 is 0 Å². The largest absolute Gasteiger partial charge is 0.370 e. The third-order valence-electron chi connectivity index (χ3n) is 1.77. The van der Waals surface area contributed by atoms with Crippen LogP contribution < -0.4 is 11.1 Å². The van der Waals surface area contributed by atoms with Crippen LogP contribution >= 0.6 is 15.9 Å². The van der Waals surface area contributed by atoms with Crippen molar-refractivity contribution in [3.8, 4) is 0 Å². The van der Waals surface area contributed by atoms with Crippen molar-refractivity contribution in [1.29, 1.82) is 0 Å². The highest BCUT2D eigenvalue weighted by atomic mass is 79.9. The molecule has 0 bridgehead atoms. The third-order valence-corrected chi connectivity index (χ3v) is 2.63. The number of aliphatic imine (C=N–C) groups is 1. The number of aryl methyl sites for hydroxylation is 1. The van der Waals surface area contributed by atoms with Crippen molar-refractivity contribution in [3.05, 3.63) is 28.2 Å². The first-order valence-corrected chi connectivity index (χ1v) is 5.26. The standard InChI is InChI=1S/C10H14BrN3/c1-3-13-10(12)14-8-5-4-7(2)9(11)6-8/h4-6H,3H2,1-2H3,(H3,12,13,14). The number of rotatable bonds is 2. The van der Waals surface area contributed by atoms with Crippen molar-refractivity contribution < 1.29 is 0 Å². The molecule has 0 aliphatic rings. The summed E-state index contributed by atoms with van der Waals surface area (Å²) in [7, 11) is 0. The molecule has 0 saturated carbocycles. The van der Waals surface area contributed by atoms with Gasteiger partial charge in [-0.1, -0.05) is 22.0 Å². The first-order chi connectivity index (χ1) is 6.63. The highest BCUT2D eigenvalue weighted by Crippen LogP contribution is 2.20. The Balaban J connectivity index is 2.78. The van der Waals surface area contributed by atoms with E-state index in [4.69, 9.17) is 5.73 Å². The van der Waals surface area contributed by atoms with Crippen molar-refractivity contribution in [3.63, 3.8) is 0 Å². The molecular weight excluding hydrogens is 242 g/mol. The molecule has 4 heteroatoms. The summed E-state index contributed by atoms with van der Waals surface area (Å²) < 4.78 is 1.06. The smallest absolute Gasteiger partial charge is 0.193 e. The summed E-state index contributed by atoms with van der Waals surface area (Å²) >= 11 is 3.45. The molecule has 0 heterocycles. The first-order valence-electron chi connectivity index (χ1n) is 4.46. The predicted molar refractivity (Wildman–Crippen MR) is 64.7 cm³/mol. The number of hydrogen-bond donors (Lipinski definition) is 2. The lowest BCUT2D eigenvalue weighted by Crippen LogP contribution is -2.22. The zero-order chi connectivity index (χ0) is 10.6. The SMILES string of the molecule is CCN=C(N)Nc1ccc(C)c(Br)c1. The molecule has 0 aliphatic heterocycles. The molecule has 3 N–H and O–H groups in total. The van der Waals surface area contributed by atoms with Gasteiger partial charge in [0, 0.05) is 16.7 Å². The Morgan fingerprint density at radius 2 is 2.29 bits per heavy atom. The highest BCUT2D eigenvalue weighted by Gasteiger charge is 1.97. The molecule has 0 spiro atoms. The Kier molecular flexibility index (Phi) is 3.95. The van der Waals surface area contributed by atoms with Crippen molar-refractivity contribution in [1.82, 2.24) is 0 Å². The quantitative estimate of drug-likeness (QED) is 0.631. The van der Waals surface area contributed by atoms with Crippen molar-refractivity contribution in [2.75, 3.05) is 11.9 Å². The number of benzene rings is 1. The van der Waals surface area contributed by atoms with Gasteiger partial charge < -0.3 is 11.1 Å². The van der Waals surface area contributed by atoms with Gasteiger partial charge in [-0.25, -0.2) is 0 Å². The van der Waals surface area contributed by atoms with E-state index in [1.54, 1.807) is 0 Å². The van der Waals surface area contributed by atoms with Gasteiger partial charge in [-0.3, -0.25) is 4.99 Å². The fourth-order valence-electron chi connectivity index (χ4n) is 1.03. The number of nitrogens with one attached hydrogen (secondary N) is 1. The number of nitrogens with zero attached hydrogens (tertiary/aromatic N) is 1. The van der Waals surface area contributed by atoms with E-state index in [2.05, 4.69) is 26.2 Å². The van der Waals surface area contributed by atoms with Crippen LogP contribution in [-0.2, 0) is 0 Å². The average molecular weight is 256 g/mol. The zero-order valence-electron chi connectivity index (χ0n) is 8.34. The second-order valence-corrected chi connectivity index (χ2v) is 3.80. The summed E-state index contributed by atoms with van der Waals surface area (Å²) in [6.07, 6.45) is 0. The van der Waals surface area contributed by atoms with Crippen LogP contribution in [0.2, 0.25) is 0 Å². The van der Waals surface area contributed by atoms with Gasteiger partial charge in [0.1, 0.15) is 0 Å². The maximum atomic E-state index is 5.63. The van der Waals surface area contributed by atoms with Crippen LogP contribution in [0.25, 0.3) is 0 Å². The van der Waals surface area contributed by atoms with Crippen LogP contribution in [0, 0.1) is 6.92 Å². The maximum Gasteiger partial charge on any atom is 0.193 e. The maximum absolute atomic E-state index is 5.63. The minimum Gasteiger partial charge on any atom is -0.370 e. The Labute approximate surface area is 92.5 Å². The van der Waals surface area contributed by atoms with Crippen molar-refractivity contribution in [2.45, 2.75) is 13.8 Å². The summed E-state index contributed by atoms with van der Waals surface area (Å²) in [5, 5.41) is 3.01. The van der Waals surface area contributed by atoms with Crippen LogP contribution in [0.5, 0.6) is 0 Å². The third kappa shape index (κ3) is 3.03. The number of halogens is 1. The number of hydrogen-bond acceptors (Lipinski definition) is 1. The van der Waals surface area contributed by atoms with E-state index in [1.165, 1.54) is 5.56 Å². The molecule has 76 valence electrons. The Morgan fingerprint density at radius 3 is 2.86 bits per heavy atom. The van der Waals surface area contributed by atoms with Crippen LogP contribution in [0.15, 0.2) is 27.7 Å². The molecule has 0 aliphatic carbocycles. The fraction of sp³-hybridized carbons (Fsp3) is 0.300. The number of guanidine groups is 1. The lowest BCUT2D eigenvalue weighted by Gasteiger charge is -2.06. The molecule has 0 aromatic heterocycles. The van der Waals surface area contributed by atoms with Gasteiger partial charge in [-0.2, -0.15) is 0 Å². The van der Waals surface area contributed by atoms with Crippen LogP contribution in [0.3, 0.4) is 0 Å². The van der Waals surface area contributed by atoms with Crippen molar-refractivity contribution >= 4 is 27.6 Å². The molecule has 3 nitrogen and oxygen atoms in total. The fourth-order valence-corrected chi connectivity index (χ4v) is 1.41. The van der Waals surface area contributed by atoms with E-state index in [9.17, 15) is 0 Å². The molecule has 14 heavy (non-hydrogen) atoms. The minimum atomic E-state index is 0.447. The molecule has 0 fully saturated rings. The van der Waals surface area contributed by atoms with E-state index in [0.717, 1.165) is 10.2 Å². The summed E-state index contributed by atoms with van der Waals surface area (Å²) in [5.41, 5.74) is 7.77. The van der Waals surface area contributed by atoms with Crippen LogP contribution in [-0.4, -0.2) is 12.5 Å². The van der Waals surface area contributed by atoms with E-state index in [0.29, 0.717) is 12.5 Å².